The van der Waals surface area contributed by atoms with Gasteiger partial charge in [0.1, 0.15) is 0 Å². The average Bonchev–Trinajstić information content (AvgIpc) is 2.49. The highest BCUT2D eigenvalue weighted by atomic mass is 16.5. The normalized spacial score (nSPS) is 29.2. The van der Waals surface area contributed by atoms with E-state index in [4.69, 9.17) is 4.74 Å². The molecular weight excluding hydrogens is 304 g/mol. The number of ether oxygens (including phenoxy) is 1. The van der Waals surface area contributed by atoms with Crippen molar-refractivity contribution in [3.05, 3.63) is 0 Å². The number of amides is 1. The Balaban J connectivity index is 1.37. The molecule has 3 aliphatic heterocycles. The van der Waals surface area contributed by atoms with Crippen LogP contribution in [-0.2, 0) is 9.53 Å². The molecule has 2 N–H and O–H groups in total. The first-order chi connectivity index (χ1) is 11.5. The van der Waals surface area contributed by atoms with Crippen LogP contribution >= 0.6 is 0 Å². The maximum Gasteiger partial charge on any atom is 0.225 e. The van der Waals surface area contributed by atoms with Crippen LogP contribution in [0.25, 0.3) is 0 Å². The molecule has 0 aliphatic carbocycles. The van der Waals surface area contributed by atoms with Gasteiger partial charge in [0.05, 0.1) is 18.6 Å². The van der Waals surface area contributed by atoms with E-state index in [1.807, 2.05) is 0 Å². The maximum absolute atomic E-state index is 11.9. The van der Waals surface area contributed by atoms with Crippen molar-refractivity contribution in [2.75, 3.05) is 66.0 Å². The summed E-state index contributed by atoms with van der Waals surface area (Å²) in [4.78, 5) is 16.9. The molecular formula is C18H34N4O2. The highest BCUT2D eigenvalue weighted by molar-refractivity contribution is 5.79. The minimum Gasteiger partial charge on any atom is -0.375 e. The number of hydrogen-bond donors (Lipinski definition) is 2. The molecule has 0 spiro atoms. The van der Waals surface area contributed by atoms with Gasteiger partial charge in [0.2, 0.25) is 5.91 Å². The molecule has 0 aromatic rings. The number of morpholine rings is 1. The summed E-state index contributed by atoms with van der Waals surface area (Å²) in [6.45, 7) is 11.3. The summed E-state index contributed by atoms with van der Waals surface area (Å²) in [5.41, 5.74) is 0.444. The molecule has 1 atom stereocenters. The first-order valence-corrected chi connectivity index (χ1v) is 9.55. The lowest BCUT2D eigenvalue weighted by Gasteiger charge is -2.43. The molecule has 138 valence electrons. The second kappa shape index (κ2) is 8.13. The zero-order valence-corrected chi connectivity index (χ0v) is 15.4. The SMILES string of the molecule is CN1CCC(C)(CN2CCOC(CCNC(=O)C3CNC3)C2)CC1. The highest BCUT2D eigenvalue weighted by Crippen LogP contribution is 2.31. The smallest absolute Gasteiger partial charge is 0.225 e. The van der Waals surface area contributed by atoms with Gasteiger partial charge in [-0.2, -0.15) is 0 Å². The van der Waals surface area contributed by atoms with Crippen molar-refractivity contribution < 1.29 is 9.53 Å². The molecule has 0 radical (unpaired) electrons. The molecule has 0 saturated carbocycles. The molecule has 3 saturated heterocycles. The second-order valence-corrected chi connectivity index (χ2v) is 8.28. The summed E-state index contributed by atoms with van der Waals surface area (Å²) < 4.78 is 5.92. The van der Waals surface area contributed by atoms with Crippen LogP contribution < -0.4 is 10.6 Å². The van der Waals surface area contributed by atoms with Crippen LogP contribution in [0.4, 0.5) is 0 Å². The minimum absolute atomic E-state index is 0.179. The largest absolute Gasteiger partial charge is 0.375 e. The highest BCUT2D eigenvalue weighted by Gasteiger charge is 2.32. The molecule has 3 rings (SSSR count). The van der Waals surface area contributed by atoms with Gasteiger partial charge in [-0.25, -0.2) is 0 Å². The van der Waals surface area contributed by atoms with Crippen molar-refractivity contribution in [3.8, 4) is 0 Å². The van der Waals surface area contributed by atoms with Crippen molar-refractivity contribution in [2.24, 2.45) is 11.3 Å². The molecule has 0 bridgehead atoms. The summed E-state index contributed by atoms with van der Waals surface area (Å²) in [5.74, 6) is 0.374. The van der Waals surface area contributed by atoms with Crippen LogP contribution in [0.15, 0.2) is 0 Å². The summed E-state index contributed by atoms with van der Waals surface area (Å²) in [6, 6.07) is 0. The van der Waals surface area contributed by atoms with E-state index >= 15 is 0 Å². The predicted octanol–water partition coefficient (Wildman–Crippen LogP) is 0.145. The van der Waals surface area contributed by atoms with Crippen molar-refractivity contribution in [2.45, 2.75) is 32.3 Å². The minimum atomic E-state index is 0.179. The van der Waals surface area contributed by atoms with Crippen LogP contribution in [0.1, 0.15) is 26.2 Å². The van der Waals surface area contributed by atoms with Gasteiger partial charge in [0.15, 0.2) is 0 Å². The molecule has 0 aromatic heterocycles. The molecule has 3 heterocycles. The van der Waals surface area contributed by atoms with Gasteiger partial charge in [-0.15, -0.1) is 0 Å². The predicted molar refractivity (Wildman–Crippen MR) is 95.0 cm³/mol. The summed E-state index contributed by atoms with van der Waals surface area (Å²) in [7, 11) is 2.22. The van der Waals surface area contributed by atoms with E-state index in [1.165, 1.54) is 32.5 Å². The topological polar surface area (TPSA) is 56.8 Å². The Labute approximate surface area is 146 Å². The third-order valence-corrected chi connectivity index (χ3v) is 5.94. The Kier molecular flexibility index (Phi) is 6.13. The first kappa shape index (κ1) is 18.1. The fourth-order valence-electron chi connectivity index (χ4n) is 3.93. The van der Waals surface area contributed by atoms with E-state index < -0.39 is 0 Å². The van der Waals surface area contributed by atoms with E-state index in [1.54, 1.807) is 0 Å². The lowest BCUT2D eigenvalue weighted by atomic mass is 9.80. The molecule has 3 aliphatic rings. The number of carbonyl (C=O) groups excluding carboxylic acids is 1. The number of carbonyl (C=O) groups is 1. The van der Waals surface area contributed by atoms with Crippen LogP contribution in [-0.4, -0.2) is 87.8 Å². The van der Waals surface area contributed by atoms with Gasteiger partial charge >= 0.3 is 0 Å². The molecule has 0 aromatic carbocycles. The van der Waals surface area contributed by atoms with Crippen molar-refractivity contribution >= 4 is 5.91 Å². The van der Waals surface area contributed by atoms with Crippen LogP contribution in [0.2, 0.25) is 0 Å². The monoisotopic (exact) mass is 338 g/mol. The second-order valence-electron chi connectivity index (χ2n) is 8.28. The summed E-state index contributed by atoms with van der Waals surface area (Å²) in [5, 5.41) is 6.19. The maximum atomic E-state index is 11.9. The van der Waals surface area contributed by atoms with Gasteiger partial charge in [0.25, 0.3) is 0 Å². The van der Waals surface area contributed by atoms with E-state index in [-0.39, 0.29) is 17.9 Å². The standard InChI is InChI=1S/C18H34N4O2/c1-18(4-7-21(2)8-5-18)14-22-9-10-24-16(13-22)3-6-20-17(23)15-11-19-12-15/h15-16,19H,3-14H2,1-2H3,(H,20,23). The molecule has 6 nitrogen and oxygen atoms in total. The van der Waals surface area contributed by atoms with Gasteiger partial charge < -0.3 is 20.3 Å². The van der Waals surface area contributed by atoms with Crippen molar-refractivity contribution in [1.82, 2.24) is 20.4 Å². The summed E-state index contributed by atoms with van der Waals surface area (Å²) >= 11 is 0. The number of piperidine rings is 1. The Bertz CT molecular complexity index is 419. The third kappa shape index (κ3) is 4.91. The lowest BCUT2D eigenvalue weighted by molar-refractivity contribution is -0.126. The summed E-state index contributed by atoms with van der Waals surface area (Å²) in [6.07, 6.45) is 3.75. The lowest BCUT2D eigenvalue weighted by Crippen LogP contribution is -2.52. The fraction of sp³-hybridized carbons (Fsp3) is 0.944. The molecule has 1 amide bonds. The van der Waals surface area contributed by atoms with E-state index in [9.17, 15) is 4.79 Å². The number of nitrogens with one attached hydrogen (secondary N) is 2. The number of hydrogen-bond acceptors (Lipinski definition) is 5. The Morgan fingerprint density at radius 2 is 2.04 bits per heavy atom. The number of rotatable bonds is 6. The molecule has 24 heavy (non-hydrogen) atoms. The molecule has 1 unspecified atom stereocenters. The number of likely N-dealkylation sites (tertiary alicyclic amines) is 1. The van der Waals surface area contributed by atoms with Gasteiger partial charge in [-0.1, -0.05) is 6.92 Å². The average molecular weight is 338 g/mol. The number of nitrogens with zero attached hydrogens (tertiary/aromatic N) is 2. The van der Waals surface area contributed by atoms with Gasteiger partial charge in [-0.05, 0) is 44.8 Å². The Morgan fingerprint density at radius 3 is 2.71 bits per heavy atom. The van der Waals surface area contributed by atoms with Crippen LogP contribution in [0.5, 0.6) is 0 Å². The van der Waals surface area contributed by atoms with Crippen LogP contribution in [0, 0.1) is 11.3 Å². The van der Waals surface area contributed by atoms with Crippen LogP contribution in [0.3, 0.4) is 0 Å². The quantitative estimate of drug-likeness (QED) is 0.722. The van der Waals surface area contributed by atoms with Crippen molar-refractivity contribution in [3.63, 3.8) is 0 Å². The van der Waals surface area contributed by atoms with Gasteiger partial charge in [0, 0.05) is 39.3 Å². The molecule has 3 fully saturated rings. The zero-order chi connectivity index (χ0) is 17.0. The van der Waals surface area contributed by atoms with Crippen molar-refractivity contribution in [1.29, 1.82) is 0 Å². The van der Waals surface area contributed by atoms with E-state index in [2.05, 4.69) is 34.4 Å². The first-order valence-electron chi connectivity index (χ1n) is 9.55. The third-order valence-electron chi connectivity index (χ3n) is 5.94. The van der Waals surface area contributed by atoms with Gasteiger partial charge in [-0.3, -0.25) is 9.69 Å². The molecule has 6 heteroatoms. The zero-order valence-electron chi connectivity index (χ0n) is 15.4. The Morgan fingerprint density at radius 1 is 1.29 bits per heavy atom. The Hall–Kier alpha value is -0.690. The fourth-order valence-corrected chi connectivity index (χ4v) is 3.93. The van der Waals surface area contributed by atoms with E-state index in [0.29, 0.717) is 5.41 Å². The van der Waals surface area contributed by atoms with E-state index in [0.717, 1.165) is 45.8 Å².